The van der Waals surface area contributed by atoms with Crippen LogP contribution < -0.4 is 5.32 Å². The maximum atomic E-state index is 13.3. The van der Waals surface area contributed by atoms with Gasteiger partial charge in [-0.15, -0.1) is 0 Å². The molecule has 22 heavy (non-hydrogen) atoms. The first kappa shape index (κ1) is 16.7. The van der Waals surface area contributed by atoms with Crippen LogP contribution in [-0.2, 0) is 4.74 Å². The average molecular weight is 309 g/mol. The van der Waals surface area contributed by atoms with Crippen LogP contribution in [0, 0.1) is 12.9 Å². The number of amides is 1. The molecule has 1 amide bonds. The fourth-order valence-corrected chi connectivity index (χ4v) is 2.64. The highest BCUT2D eigenvalue weighted by Gasteiger charge is 2.27. The molecule has 2 heterocycles. The molecule has 6 heteroatoms. The summed E-state index contributed by atoms with van der Waals surface area (Å²) >= 11 is 0. The fourth-order valence-electron chi connectivity index (χ4n) is 2.64. The molecule has 0 saturated carbocycles. The van der Waals surface area contributed by atoms with Crippen LogP contribution in [0.1, 0.15) is 50.8 Å². The van der Waals surface area contributed by atoms with Crippen molar-refractivity contribution in [2.45, 2.75) is 52.2 Å². The van der Waals surface area contributed by atoms with Crippen molar-refractivity contribution in [2.75, 3.05) is 13.2 Å². The predicted octanol–water partition coefficient (Wildman–Crippen LogP) is 3.15. The van der Waals surface area contributed by atoms with Crippen molar-refractivity contribution in [3.63, 3.8) is 0 Å². The van der Waals surface area contributed by atoms with E-state index in [1.165, 1.54) is 0 Å². The van der Waals surface area contributed by atoms with Gasteiger partial charge >= 0.3 is 6.09 Å². The van der Waals surface area contributed by atoms with Crippen molar-refractivity contribution in [1.82, 2.24) is 15.2 Å². The third kappa shape index (κ3) is 4.40. The smallest absolute Gasteiger partial charge is 0.408 e. The monoisotopic (exact) mass is 309 g/mol. The van der Waals surface area contributed by atoms with Crippen LogP contribution in [0.5, 0.6) is 0 Å². The highest BCUT2D eigenvalue weighted by atomic mass is 19.1. The van der Waals surface area contributed by atoms with Crippen molar-refractivity contribution in [3.8, 4) is 0 Å². The Morgan fingerprint density at radius 2 is 2.27 bits per heavy atom. The number of alkyl carbamates (subject to hydrolysis) is 1. The Bertz CT molecular complexity index is 543. The first-order chi connectivity index (χ1) is 10.3. The molecule has 1 aliphatic heterocycles. The van der Waals surface area contributed by atoms with Gasteiger partial charge in [-0.2, -0.15) is 4.39 Å². The van der Waals surface area contributed by atoms with Crippen molar-refractivity contribution >= 4 is 6.09 Å². The zero-order valence-corrected chi connectivity index (χ0v) is 13.6. The molecule has 0 spiro atoms. The number of hydrogen-bond acceptors (Lipinski definition) is 4. The summed E-state index contributed by atoms with van der Waals surface area (Å²) < 4.78 is 18.5. The molecule has 1 atom stereocenters. The van der Waals surface area contributed by atoms with E-state index in [2.05, 4.69) is 15.2 Å². The van der Waals surface area contributed by atoms with Crippen LogP contribution in [0.25, 0.3) is 0 Å². The molecule has 0 unspecified atom stereocenters. The van der Waals surface area contributed by atoms with Crippen molar-refractivity contribution in [2.24, 2.45) is 0 Å². The van der Waals surface area contributed by atoms with Gasteiger partial charge < -0.3 is 10.1 Å². The highest BCUT2D eigenvalue weighted by molar-refractivity contribution is 5.67. The van der Waals surface area contributed by atoms with Crippen LogP contribution in [0.15, 0.2) is 12.3 Å². The van der Waals surface area contributed by atoms with Gasteiger partial charge in [0, 0.05) is 24.3 Å². The Balaban J connectivity index is 1.96. The zero-order chi connectivity index (χ0) is 16.3. The van der Waals surface area contributed by atoms with Gasteiger partial charge in [0.25, 0.3) is 0 Å². The SMILES string of the molecule is Cc1cc([C@@H]2CCCN2CNC(=O)OC(C)(C)C)cnc1F. The summed E-state index contributed by atoms with van der Waals surface area (Å²) in [4.78, 5) is 17.7. The second-order valence-electron chi connectivity index (χ2n) is 6.68. The molecule has 5 nitrogen and oxygen atoms in total. The van der Waals surface area contributed by atoms with E-state index in [9.17, 15) is 9.18 Å². The second-order valence-corrected chi connectivity index (χ2v) is 6.68. The molecule has 0 aromatic carbocycles. The maximum Gasteiger partial charge on any atom is 0.408 e. The van der Waals surface area contributed by atoms with E-state index in [0.717, 1.165) is 24.9 Å². The van der Waals surface area contributed by atoms with Gasteiger partial charge in [-0.1, -0.05) is 0 Å². The van der Waals surface area contributed by atoms with Crippen molar-refractivity contribution in [3.05, 3.63) is 29.3 Å². The minimum atomic E-state index is -0.507. The normalized spacial score (nSPS) is 19.2. The highest BCUT2D eigenvalue weighted by Crippen LogP contribution is 2.31. The number of nitrogens with zero attached hydrogens (tertiary/aromatic N) is 2. The molecule has 1 saturated heterocycles. The minimum Gasteiger partial charge on any atom is -0.444 e. The quantitative estimate of drug-likeness (QED) is 0.872. The Labute approximate surface area is 130 Å². The molecule has 1 fully saturated rings. The number of hydrogen-bond donors (Lipinski definition) is 1. The van der Waals surface area contributed by atoms with Gasteiger partial charge in [-0.05, 0) is 52.2 Å². The topological polar surface area (TPSA) is 54.5 Å². The average Bonchev–Trinajstić information content (AvgIpc) is 2.86. The molecule has 1 N–H and O–H groups in total. The summed E-state index contributed by atoms with van der Waals surface area (Å²) in [5.41, 5.74) is 1.03. The second kappa shape index (κ2) is 6.60. The fraction of sp³-hybridized carbons (Fsp3) is 0.625. The summed E-state index contributed by atoms with van der Waals surface area (Å²) in [5.74, 6) is -0.430. The lowest BCUT2D eigenvalue weighted by atomic mass is 10.1. The summed E-state index contributed by atoms with van der Waals surface area (Å²) in [6.07, 6.45) is 3.17. The summed E-state index contributed by atoms with van der Waals surface area (Å²) in [6, 6.07) is 1.99. The number of ether oxygens (including phenoxy) is 1. The van der Waals surface area contributed by atoms with Gasteiger partial charge in [0.2, 0.25) is 5.95 Å². The van der Waals surface area contributed by atoms with Gasteiger partial charge in [0.15, 0.2) is 0 Å². The summed E-state index contributed by atoms with van der Waals surface area (Å²) in [7, 11) is 0. The lowest BCUT2D eigenvalue weighted by Gasteiger charge is -2.26. The molecule has 0 radical (unpaired) electrons. The van der Waals surface area contributed by atoms with Crippen LogP contribution >= 0.6 is 0 Å². The number of halogens is 1. The van der Waals surface area contributed by atoms with E-state index in [-0.39, 0.29) is 6.04 Å². The number of aromatic nitrogens is 1. The maximum absolute atomic E-state index is 13.3. The Morgan fingerprint density at radius 3 is 2.91 bits per heavy atom. The number of rotatable bonds is 3. The van der Waals surface area contributed by atoms with E-state index >= 15 is 0 Å². The molecule has 0 bridgehead atoms. The summed E-state index contributed by atoms with van der Waals surface area (Å²) in [5, 5.41) is 2.78. The number of carbonyl (C=O) groups excluding carboxylic acids is 1. The van der Waals surface area contributed by atoms with Gasteiger partial charge in [-0.25, -0.2) is 9.78 Å². The summed E-state index contributed by atoms with van der Waals surface area (Å²) in [6.45, 7) is 8.51. The number of nitrogens with one attached hydrogen (secondary N) is 1. The third-order valence-electron chi connectivity index (χ3n) is 3.61. The molecular weight excluding hydrogens is 285 g/mol. The standard InChI is InChI=1S/C16H24FN3O2/c1-11-8-12(9-18-14(11)17)13-6-5-7-20(13)10-19-15(21)22-16(2,3)4/h8-9,13H,5-7,10H2,1-4H3,(H,19,21)/t13-/m0/s1. The van der Waals surface area contributed by atoms with Crippen molar-refractivity contribution < 1.29 is 13.9 Å². The first-order valence-corrected chi connectivity index (χ1v) is 7.59. The molecule has 0 aliphatic carbocycles. The van der Waals surface area contributed by atoms with E-state index < -0.39 is 17.6 Å². The van der Waals surface area contributed by atoms with Crippen LogP contribution in [0.4, 0.5) is 9.18 Å². The number of likely N-dealkylation sites (tertiary alicyclic amines) is 1. The van der Waals surface area contributed by atoms with Crippen molar-refractivity contribution in [1.29, 1.82) is 0 Å². The molecule has 122 valence electrons. The first-order valence-electron chi connectivity index (χ1n) is 7.59. The molecule has 1 aromatic heterocycles. The van der Waals surface area contributed by atoms with Gasteiger partial charge in [0.05, 0.1) is 6.67 Å². The molecule has 1 aromatic rings. The lowest BCUT2D eigenvalue weighted by molar-refractivity contribution is 0.0486. The van der Waals surface area contributed by atoms with E-state index in [1.54, 1.807) is 13.1 Å². The zero-order valence-electron chi connectivity index (χ0n) is 13.6. The number of pyridine rings is 1. The van der Waals surface area contributed by atoms with Gasteiger partial charge in [0.1, 0.15) is 5.60 Å². The number of carbonyl (C=O) groups is 1. The van der Waals surface area contributed by atoms with Crippen LogP contribution in [-0.4, -0.2) is 34.8 Å². The Morgan fingerprint density at radius 1 is 1.55 bits per heavy atom. The van der Waals surface area contributed by atoms with E-state index in [1.807, 2.05) is 26.8 Å². The predicted molar refractivity (Wildman–Crippen MR) is 81.8 cm³/mol. The Kier molecular flexibility index (Phi) is 5.01. The Hall–Kier alpha value is -1.69. The lowest BCUT2D eigenvalue weighted by Crippen LogP contribution is -2.40. The molecule has 1 aliphatic rings. The minimum absolute atomic E-state index is 0.154. The van der Waals surface area contributed by atoms with Crippen LogP contribution in [0.2, 0.25) is 0 Å². The van der Waals surface area contributed by atoms with E-state index in [4.69, 9.17) is 4.74 Å². The molecule has 2 rings (SSSR count). The third-order valence-corrected chi connectivity index (χ3v) is 3.61. The largest absolute Gasteiger partial charge is 0.444 e. The molecular formula is C16H24FN3O2. The van der Waals surface area contributed by atoms with Crippen LogP contribution in [0.3, 0.4) is 0 Å². The van der Waals surface area contributed by atoms with Gasteiger partial charge in [-0.3, -0.25) is 4.90 Å². The van der Waals surface area contributed by atoms with E-state index in [0.29, 0.717) is 12.2 Å². The number of aryl methyl sites for hydroxylation is 1.